The molecule has 8 heteroatoms. The molecule has 1 aliphatic rings. The van der Waals surface area contributed by atoms with Crippen molar-refractivity contribution in [3.05, 3.63) is 36.0 Å². The molecule has 1 aromatic heterocycles. The fraction of sp³-hybridized carbons (Fsp3) is 0.571. The number of hydrogen-bond acceptors (Lipinski definition) is 7. The predicted octanol–water partition coefficient (Wildman–Crippen LogP) is 2.74. The minimum absolute atomic E-state index is 0.0236. The van der Waals surface area contributed by atoms with E-state index >= 15 is 0 Å². The van der Waals surface area contributed by atoms with E-state index in [1.807, 2.05) is 38.1 Å². The van der Waals surface area contributed by atoms with E-state index in [0.29, 0.717) is 31.3 Å². The van der Waals surface area contributed by atoms with Gasteiger partial charge < -0.3 is 14.6 Å². The fourth-order valence-corrected chi connectivity index (χ4v) is 3.16. The van der Waals surface area contributed by atoms with E-state index in [1.165, 1.54) is 0 Å². The van der Waals surface area contributed by atoms with Crippen LogP contribution in [0, 0.1) is 0 Å². The van der Waals surface area contributed by atoms with E-state index in [2.05, 4.69) is 32.2 Å². The number of ether oxygens (including phenoxy) is 1. The standard InChI is InChI=1S/C21H31N5O3/c1-4-13-28-18-8-6-5-7-17(18)22-19(27)14-25-9-11-26(12-10-25)15-20-23-21(16(2)3)24-29-20/h5-8,16H,4,9-15H2,1-3H3,(H,22,27). The van der Waals surface area contributed by atoms with E-state index < -0.39 is 0 Å². The SMILES string of the molecule is CCCOc1ccccc1NC(=O)CN1CCN(Cc2nc(C(C)C)no2)CC1. The molecular weight excluding hydrogens is 370 g/mol. The van der Waals surface area contributed by atoms with Crippen LogP contribution < -0.4 is 10.1 Å². The summed E-state index contributed by atoms with van der Waals surface area (Å²) in [6.07, 6.45) is 0.926. The van der Waals surface area contributed by atoms with Gasteiger partial charge in [0.1, 0.15) is 5.75 Å². The Morgan fingerprint density at radius 3 is 2.62 bits per heavy atom. The number of benzene rings is 1. The van der Waals surface area contributed by atoms with E-state index in [-0.39, 0.29) is 11.8 Å². The van der Waals surface area contributed by atoms with Gasteiger partial charge in [-0.05, 0) is 18.6 Å². The smallest absolute Gasteiger partial charge is 0.240 e. The Morgan fingerprint density at radius 2 is 1.93 bits per heavy atom. The summed E-state index contributed by atoms with van der Waals surface area (Å²) >= 11 is 0. The predicted molar refractivity (Wildman–Crippen MR) is 111 cm³/mol. The lowest BCUT2D eigenvalue weighted by molar-refractivity contribution is -0.117. The Balaban J connectivity index is 1.44. The van der Waals surface area contributed by atoms with Gasteiger partial charge in [0.05, 0.1) is 25.4 Å². The highest BCUT2D eigenvalue weighted by Crippen LogP contribution is 2.24. The number of rotatable bonds is 9. The second kappa shape index (κ2) is 10.4. The average Bonchev–Trinajstić information content (AvgIpc) is 3.18. The van der Waals surface area contributed by atoms with Crippen LogP contribution in [0.25, 0.3) is 0 Å². The molecule has 0 spiro atoms. The van der Waals surface area contributed by atoms with Gasteiger partial charge in [-0.15, -0.1) is 0 Å². The van der Waals surface area contributed by atoms with Crippen LogP contribution >= 0.6 is 0 Å². The molecular formula is C21H31N5O3. The summed E-state index contributed by atoms with van der Waals surface area (Å²) in [7, 11) is 0. The van der Waals surface area contributed by atoms with E-state index in [1.54, 1.807) is 0 Å². The third kappa shape index (κ3) is 6.27. The van der Waals surface area contributed by atoms with Crippen LogP contribution in [0.5, 0.6) is 5.75 Å². The third-order valence-corrected chi connectivity index (χ3v) is 4.81. The van der Waals surface area contributed by atoms with Gasteiger partial charge >= 0.3 is 0 Å². The van der Waals surface area contributed by atoms with Crippen LogP contribution in [0.4, 0.5) is 5.69 Å². The maximum atomic E-state index is 12.5. The molecule has 8 nitrogen and oxygen atoms in total. The van der Waals surface area contributed by atoms with Gasteiger partial charge in [0.15, 0.2) is 5.82 Å². The molecule has 0 atom stereocenters. The highest BCUT2D eigenvalue weighted by molar-refractivity contribution is 5.93. The number of aromatic nitrogens is 2. The number of nitrogens with zero attached hydrogens (tertiary/aromatic N) is 4. The third-order valence-electron chi connectivity index (χ3n) is 4.81. The van der Waals surface area contributed by atoms with Gasteiger partial charge in [-0.2, -0.15) is 4.98 Å². The van der Waals surface area contributed by atoms with Crippen LogP contribution in [0.1, 0.15) is 44.8 Å². The molecule has 0 radical (unpaired) electrons. The van der Waals surface area contributed by atoms with Crippen LogP contribution in [-0.2, 0) is 11.3 Å². The molecule has 0 aliphatic carbocycles. The van der Waals surface area contributed by atoms with Crippen molar-refractivity contribution in [3.8, 4) is 5.75 Å². The van der Waals surface area contributed by atoms with Crippen LogP contribution in [0.3, 0.4) is 0 Å². The van der Waals surface area contributed by atoms with Crippen molar-refractivity contribution < 1.29 is 14.1 Å². The van der Waals surface area contributed by atoms with Crippen LogP contribution in [0.2, 0.25) is 0 Å². The van der Waals surface area contributed by atoms with Crippen LogP contribution in [-0.4, -0.2) is 65.2 Å². The lowest BCUT2D eigenvalue weighted by atomic mass is 10.2. The molecule has 2 heterocycles. The van der Waals surface area contributed by atoms with E-state index in [0.717, 1.165) is 44.1 Å². The zero-order valence-corrected chi connectivity index (χ0v) is 17.6. The maximum Gasteiger partial charge on any atom is 0.240 e. The van der Waals surface area contributed by atoms with Crippen molar-refractivity contribution in [1.29, 1.82) is 0 Å². The quantitative estimate of drug-likeness (QED) is 0.692. The van der Waals surface area contributed by atoms with Gasteiger partial charge in [0.25, 0.3) is 0 Å². The lowest BCUT2D eigenvalue weighted by Gasteiger charge is -2.33. The molecule has 1 fully saturated rings. The number of carbonyl (C=O) groups is 1. The monoisotopic (exact) mass is 401 g/mol. The Bertz CT molecular complexity index is 784. The molecule has 3 rings (SSSR count). The topological polar surface area (TPSA) is 83.7 Å². The lowest BCUT2D eigenvalue weighted by Crippen LogP contribution is -2.48. The second-order valence-corrected chi connectivity index (χ2v) is 7.65. The average molecular weight is 402 g/mol. The Labute approximate surface area is 172 Å². The first kappa shape index (κ1) is 21.3. The first-order valence-corrected chi connectivity index (χ1v) is 10.3. The first-order chi connectivity index (χ1) is 14.0. The second-order valence-electron chi connectivity index (χ2n) is 7.65. The zero-order valence-electron chi connectivity index (χ0n) is 17.6. The molecule has 1 N–H and O–H groups in total. The van der Waals surface area contributed by atoms with Crippen molar-refractivity contribution in [2.75, 3.05) is 44.6 Å². The molecule has 0 saturated carbocycles. The fourth-order valence-electron chi connectivity index (χ4n) is 3.16. The first-order valence-electron chi connectivity index (χ1n) is 10.3. The summed E-state index contributed by atoms with van der Waals surface area (Å²) in [6.45, 7) is 11.2. The molecule has 0 unspecified atom stereocenters. The number of anilines is 1. The van der Waals surface area contributed by atoms with E-state index in [4.69, 9.17) is 9.26 Å². The summed E-state index contributed by atoms with van der Waals surface area (Å²) < 4.78 is 11.0. The molecule has 29 heavy (non-hydrogen) atoms. The van der Waals surface area contributed by atoms with Gasteiger partial charge in [0.2, 0.25) is 11.8 Å². The van der Waals surface area contributed by atoms with Gasteiger partial charge in [-0.25, -0.2) is 0 Å². The minimum Gasteiger partial charge on any atom is -0.491 e. The molecule has 1 saturated heterocycles. The normalized spacial score (nSPS) is 15.6. The summed E-state index contributed by atoms with van der Waals surface area (Å²) in [4.78, 5) is 21.4. The van der Waals surface area contributed by atoms with Crippen molar-refractivity contribution in [2.24, 2.45) is 0 Å². The summed E-state index contributed by atoms with van der Waals surface area (Å²) in [5.74, 6) is 2.36. The largest absolute Gasteiger partial charge is 0.491 e. The highest BCUT2D eigenvalue weighted by atomic mass is 16.5. The Kier molecular flexibility index (Phi) is 7.60. The minimum atomic E-state index is -0.0236. The Morgan fingerprint density at radius 1 is 1.21 bits per heavy atom. The molecule has 1 amide bonds. The van der Waals surface area contributed by atoms with Crippen molar-refractivity contribution in [3.63, 3.8) is 0 Å². The van der Waals surface area contributed by atoms with Crippen molar-refractivity contribution in [1.82, 2.24) is 19.9 Å². The summed E-state index contributed by atoms with van der Waals surface area (Å²) in [5.41, 5.74) is 0.724. The number of piperazine rings is 1. The number of carbonyl (C=O) groups excluding carboxylic acids is 1. The molecule has 1 aromatic carbocycles. The van der Waals surface area contributed by atoms with Gasteiger partial charge in [-0.3, -0.25) is 14.6 Å². The number of hydrogen-bond donors (Lipinski definition) is 1. The molecule has 0 bridgehead atoms. The maximum absolute atomic E-state index is 12.5. The number of para-hydroxylation sites is 2. The van der Waals surface area contributed by atoms with Gasteiger partial charge in [-0.1, -0.05) is 38.1 Å². The summed E-state index contributed by atoms with van der Waals surface area (Å²) in [6, 6.07) is 7.56. The molecule has 1 aliphatic heterocycles. The number of nitrogens with one attached hydrogen (secondary N) is 1. The highest BCUT2D eigenvalue weighted by Gasteiger charge is 2.21. The zero-order chi connectivity index (χ0) is 20.6. The molecule has 158 valence electrons. The van der Waals surface area contributed by atoms with Gasteiger partial charge in [0, 0.05) is 32.1 Å². The van der Waals surface area contributed by atoms with Crippen molar-refractivity contribution in [2.45, 2.75) is 39.7 Å². The number of amides is 1. The van der Waals surface area contributed by atoms with E-state index in [9.17, 15) is 4.79 Å². The Hall–Kier alpha value is -2.45. The molecule has 2 aromatic rings. The van der Waals surface area contributed by atoms with Crippen molar-refractivity contribution >= 4 is 11.6 Å². The summed E-state index contributed by atoms with van der Waals surface area (Å²) in [5, 5.41) is 6.99. The van der Waals surface area contributed by atoms with Crippen LogP contribution in [0.15, 0.2) is 28.8 Å².